The van der Waals surface area contributed by atoms with E-state index in [-0.39, 0.29) is 0 Å². The highest BCUT2D eigenvalue weighted by Gasteiger charge is 2.21. The summed E-state index contributed by atoms with van der Waals surface area (Å²) in [6.45, 7) is 7.41. The van der Waals surface area contributed by atoms with E-state index in [1.807, 2.05) is 6.07 Å². The third-order valence-electron chi connectivity index (χ3n) is 3.41. The Labute approximate surface area is 160 Å². The van der Waals surface area contributed by atoms with E-state index in [1.165, 1.54) is 6.08 Å². The molecule has 0 aliphatic heterocycles. The summed E-state index contributed by atoms with van der Waals surface area (Å²) in [7, 11) is 3.09. The van der Waals surface area contributed by atoms with Crippen molar-refractivity contribution in [2.24, 2.45) is 0 Å². The van der Waals surface area contributed by atoms with Crippen molar-refractivity contribution in [2.45, 2.75) is 45.8 Å². The van der Waals surface area contributed by atoms with E-state index in [1.54, 1.807) is 60.1 Å². The normalized spacial score (nSPS) is 12.4. The highest BCUT2D eigenvalue weighted by Crippen LogP contribution is 2.31. The summed E-state index contributed by atoms with van der Waals surface area (Å²) in [4.78, 5) is 23.7. The molecule has 150 valence electrons. The Morgan fingerprint density at radius 3 is 2.37 bits per heavy atom. The summed E-state index contributed by atoms with van der Waals surface area (Å²) >= 11 is 0. The van der Waals surface area contributed by atoms with Crippen LogP contribution in [0.25, 0.3) is 0 Å². The van der Waals surface area contributed by atoms with Crippen LogP contribution in [0, 0.1) is 0 Å². The largest absolute Gasteiger partial charge is 0.493 e. The number of esters is 1. The number of amides is 1. The second kappa shape index (κ2) is 10.4. The maximum absolute atomic E-state index is 12.2. The number of alkyl carbamates (subject to hydrolysis) is 1. The van der Waals surface area contributed by atoms with Crippen molar-refractivity contribution in [1.29, 1.82) is 0 Å². The summed E-state index contributed by atoms with van der Waals surface area (Å²) in [6, 6.07) is 4.93. The Hall–Kier alpha value is -2.70. The van der Waals surface area contributed by atoms with Crippen LogP contribution in [0.15, 0.2) is 30.4 Å². The Bertz CT molecular complexity index is 663. The fourth-order valence-corrected chi connectivity index (χ4v) is 2.29. The molecule has 1 atom stereocenters. The molecule has 1 rings (SSSR count). The summed E-state index contributed by atoms with van der Waals surface area (Å²) in [5, 5.41) is 2.82. The SMILES string of the molecule is CCOC(=O)/C=C/C[C@H](NC(=O)OC(C)(C)C)c1ccc(OC)c(OC)c1. The first kappa shape index (κ1) is 22.3. The molecule has 0 aliphatic rings. The number of rotatable bonds is 8. The number of hydrogen-bond acceptors (Lipinski definition) is 6. The Kier molecular flexibility index (Phi) is 8.65. The standard InChI is InChI=1S/C20H29NO6/c1-7-26-18(22)10-8-9-15(21-19(23)27-20(2,3)4)14-11-12-16(24-5)17(13-14)25-6/h8,10-13,15H,7,9H2,1-6H3,(H,21,23)/b10-8+/t15-/m0/s1. The molecule has 1 amide bonds. The van der Waals surface area contributed by atoms with Gasteiger partial charge in [-0.1, -0.05) is 12.1 Å². The van der Waals surface area contributed by atoms with Gasteiger partial charge in [0.05, 0.1) is 26.9 Å². The van der Waals surface area contributed by atoms with Crippen molar-refractivity contribution in [3.05, 3.63) is 35.9 Å². The third kappa shape index (κ3) is 8.02. The highest BCUT2D eigenvalue weighted by molar-refractivity contribution is 5.81. The monoisotopic (exact) mass is 379 g/mol. The highest BCUT2D eigenvalue weighted by atomic mass is 16.6. The van der Waals surface area contributed by atoms with Crippen molar-refractivity contribution in [3.63, 3.8) is 0 Å². The van der Waals surface area contributed by atoms with E-state index in [2.05, 4.69) is 5.32 Å². The summed E-state index contributed by atoms with van der Waals surface area (Å²) < 4.78 is 20.8. The first-order chi connectivity index (χ1) is 12.7. The molecule has 0 aliphatic carbocycles. The molecular formula is C20H29NO6. The minimum atomic E-state index is -0.618. The van der Waals surface area contributed by atoms with Crippen molar-refractivity contribution in [1.82, 2.24) is 5.32 Å². The molecule has 27 heavy (non-hydrogen) atoms. The molecule has 0 heterocycles. The van der Waals surface area contributed by atoms with Gasteiger partial charge in [-0.05, 0) is 51.8 Å². The van der Waals surface area contributed by atoms with Crippen molar-refractivity contribution >= 4 is 12.1 Å². The molecule has 0 bridgehead atoms. The fraction of sp³-hybridized carbons (Fsp3) is 0.500. The molecule has 7 heteroatoms. The van der Waals surface area contributed by atoms with E-state index in [0.29, 0.717) is 24.5 Å². The predicted octanol–water partition coefficient (Wildman–Crippen LogP) is 3.78. The molecule has 0 aromatic heterocycles. The zero-order valence-corrected chi connectivity index (χ0v) is 16.8. The topological polar surface area (TPSA) is 83.1 Å². The van der Waals surface area contributed by atoms with Gasteiger partial charge in [0, 0.05) is 6.08 Å². The van der Waals surface area contributed by atoms with Gasteiger partial charge in [0.25, 0.3) is 0 Å². The summed E-state index contributed by atoms with van der Waals surface area (Å²) in [5.74, 6) is 0.695. The van der Waals surface area contributed by atoms with Crippen LogP contribution in [0.4, 0.5) is 4.79 Å². The molecule has 0 radical (unpaired) electrons. The van der Waals surface area contributed by atoms with Gasteiger partial charge in [-0.15, -0.1) is 0 Å². The van der Waals surface area contributed by atoms with E-state index in [4.69, 9.17) is 18.9 Å². The molecule has 1 aromatic rings. The van der Waals surface area contributed by atoms with Gasteiger partial charge < -0.3 is 24.3 Å². The Morgan fingerprint density at radius 2 is 1.81 bits per heavy atom. The first-order valence-electron chi connectivity index (χ1n) is 8.75. The number of benzene rings is 1. The fourth-order valence-electron chi connectivity index (χ4n) is 2.29. The van der Waals surface area contributed by atoms with Gasteiger partial charge >= 0.3 is 12.1 Å². The molecule has 0 unspecified atom stereocenters. The summed E-state index contributed by atoms with van der Waals surface area (Å²) in [5.41, 5.74) is 0.166. The van der Waals surface area contributed by atoms with Crippen LogP contribution < -0.4 is 14.8 Å². The second-order valence-electron chi connectivity index (χ2n) is 6.70. The van der Waals surface area contributed by atoms with E-state index >= 15 is 0 Å². The van der Waals surface area contributed by atoms with Crippen LogP contribution in [0.5, 0.6) is 11.5 Å². The number of nitrogens with one attached hydrogen (secondary N) is 1. The van der Waals surface area contributed by atoms with E-state index < -0.39 is 23.7 Å². The van der Waals surface area contributed by atoms with Crippen LogP contribution in [0.1, 0.15) is 45.7 Å². The van der Waals surface area contributed by atoms with E-state index in [0.717, 1.165) is 5.56 Å². The molecule has 7 nitrogen and oxygen atoms in total. The Morgan fingerprint density at radius 1 is 1.15 bits per heavy atom. The average molecular weight is 379 g/mol. The molecule has 1 aromatic carbocycles. The number of carbonyl (C=O) groups is 2. The number of methoxy groups -OCH3 is 2. The number of ether oxygens (including phenoxy) is 4. The zero-order valence-electron chi connectivity index (χ0n) is 16.8. The zero-order chi connectivity index (χ0) is 20.4. The molecule has 0 spiro atoms. The molecule has 0 saturated heterocycles. The molecular weight excluding hydrogens is 350 g/mol. The van der Waals surface area contributed by atoms with Crippen LogP contribution >= 0.6 is 0 Å². The molecule has 0 saturated carbocycles. The summed E-state index contributed by atoms with van der Waals surface area (Å²) in [6.07, 6.45) is 2.81. The number of hydrogen-bond donors (Lipinski definition) is 1. The lowest BCUT2D eigenvalue weighted by atomic mass is 10.0. The van der Waals surface area contributed by atoms with Gasteiger partial charge in [-0.3, -0.25) is 0 Å². The lowest BCUT2D eigenvalue weighted by Crippen LogP contribution is -2.34. The van der Waals surface area contributed by atoms with Crippen LogP contribution in [0.2, 0.25) is 0 Å². The smallest absolute Gasteiger partial charge is 0.408 e. The second-order valence-corrected chi connectivity index (χ2v) is 6.70. The molecule has 0 fully saturated rings. The minimum Gasteiger partial charge on any atom is -0.493 e. The first-order valence-corrected chi connectivity index (χ1v) is 8.75. The van der Waals surface area contributed by atoms with Gasteiger partial charge in [0.15, 0.2) is 11.5 Å². The van der Waals surface area contributed by atoms with Crippen molar-refractivity contribution < 1.29 is 28.5 Å². The molecule has 1 N–H and O–H groups in total. The van der Waals surface area contributed by atoms with Crippen LogP contribution in [-0.2, 0) is 14.3 Å². The predicted molar refractivity (Wildman–Crippen MR) is 102 cm³/mol. The van der Waals surface area contributed by atoms with Crippen molar-refractivity contribution in [2.75, 3.05) is 20.8 Å². The van der Waals surface area contributed by atoms with Crippen LogP contribution in [-0.4, -0.2) is 38.5 Å². The lowest BCUT2D eigenvalue weighted by molar-refractivity contribution is -0.137. The Balaban J connectivity index is 3.02. The lowest BCUT2D eigenvalue weighted by Gasteiger charge is -2.24. The van der Waals surface area contributed by atoms with Gasteiger partial charge in [-0.25, -0.2) is 9.59 Å². The minimum absolute atomic E-state index is 0.304. The van der Waals surface area contributed by atoms with Gasteiger partial charge in [-0.2, -0.15) is 0 Å². The van der Waals surface area contributed by atoms with Gasteiger partial charge in [0.1, 0.15) is 5.60 Å². The van der Waals surface area contributed by atoms with E-state index in [9.17, 15) is 9.59 Å². The van der Waals surface area contributed by atoms with Gasteiger partial charge in [0.2, 0.25) is 0 Å². The van der Waals surface area contributed by atoms with Crippen molar-refractivity contribution in [3.8, 4) is 11.5 Å². The third-order valence-corrected chi connectivity index (χ3v) is 3.41. The number of carbonyl (C=O) groups excluding carboxylic acids is 2. The maximum atomic E-state index is 12.2. The van der Waals surface area contributed by atoms with Crippen LogP contribution in [0.3, 0.4) is 0 Å². The maximum Gasteiger partial charge on any atom is 0.408 e. The average Bonchev–Trinajstić information content (AvgIpc) is 2.58. The quantitative estimate of drug-likeness (QED) is 0.547.